The molecule has 0 saturated carbocycles. The number of hydrogen-bond donors (Lipinski definition) is 1. The molecule has 0 fully saturated rings. The minimum Gasteiger partial charge on any atom is -0.399 e. The number of rotatable bonds is 1. The summed E-state index contributed by atoms with van der Waals surface area (Å²) in [6.07, 6.45) is -4.42. The minimum atomic E-state index is -4.42. The summed E-state index contributed by atoms with van der Waals surface area (Å²) in [4.78, 5) is 0. The molecule has 3 aromatic rings. The lowest BCUT2D eigenvalue weighted by Gasteiger charge is -2.13. The molecule has 22 heavy (non-hydrogen) atoms. The zero-order chi connectivity index (χ0) is 16.1. The first kappa shape index (κ1) is 14.5. The van der Waals surface area contributed by atoms with E-state index in [-0.39, 0.29) is 5.69 Å². The molecular weight excluding hydrogens is 289 g/mol. The largest absolute Gasteiger partial charge is 0.416 e. The lowest BCUT2D eigenvalue weighted by molar-refractivity contribution is -0.137. The fraction of sp³-hybridized carbons (Fsp3) is 0.176. The van der Waals surface area contributed by atoms with Crippen molar-refractivity contribution in [1.82, 2.24) is 4.57 Å². The maximum atomic E-state index is 13.0. The molecule has 0 spiro atoms. The standard InChI is InChI=1S/C17H15F3N2/c1-10-3-4-16-12(5-10)6-11(2)22(16)15-8-13(17(18,19)20)7-14(21)9-15/h3-9H,21H2,1-2H3. The highest BCUT2D eigenvalue weighted by Gasteiger charge is 2.31. The third kappa shape index (κ3) is 2.43. The van der Waals surface area contributed by atoms with Crippen LogP contribution in [0, 0.1) is 13.8 Å². The van der Waals surface area contributed by atoms with Gasteiger partial charge in [0.15, 0.2) is 0 Å². The molecule has 0 aliphatic carbocycles. The van der Waals surface area contributed by atoms with Crippen molar-refractivity contribution in [3.63, 3.8) is 0 Å². The minimum absolute atomic E-state index is 0.0955. The van der Waals surface area contributed by atoms with E-state index < -0.39 is 11.7 Å². The van der Waals surface area contributed by atoms with Crippen LogP contribution in [0.3, 0.4) is 0 Å². The molecule has 0 aliphatic rings. The number of alkyl halides is 3. The van der Waals surface area contributed by atoms with Gasteiger partial charge < -0.3 is 10.3 Å². The first-order valence-electron chi connectivity index (χ1n) is 6.82. The van der Waals surface area contributed by atoms with Gasteiger partial charge in [-0.05, 0) is 50.2 Å². The van der Waals surface area contributed by atoms with Gasteiger partial charge in [0.2, 0.25) is 0 Å². The van der Waals surface area contributed by atoms with Crippen LogP contribution < -0.4 is 5.73 Å². The summed E-state index contributed by atoms with van der Waals surface area (Å²) < 4.78 is 40.8. The van der Waals surface area contributed by atoms with Crippen LogP contribution in [0.2, 0.25) is 0 Å². The van der Waals surface area contributed by atoms with Crippen molar-refractivity contribution in [3.8, 4) is 5.69 Å². The lowest BCUT2D eigenvalue weighted by atomic mass is 10.1. The number of aryl methyl sites for hydroxylation is 2. The van der Waals surface area contributed by atoms with Crippen molar-refractivity contribution < 1.29 is 13.2 Å². The van der Waals surface area contributed by atoms with E-state index >= 15 is 0 Å². The van der Waals surface area contributed by atoms with E-state index in [0.717, 1.165) is 34.3 Å². The second kappa shape index (κ2) is 4.80. The predicted octanol–water partition coefficient (Wildman–Crippen LogP) is 4.85. The molecule has 2 nitrogen and oxygen atoms in total. The average molecular weight is 304 g/mol. The molecule has 0 radical (unpaired) electrons. The lowest BCUT2D eigenvalue weighted by Crippen LogP contribution is -2.08. The predicted molar refractivity (Wildman–Crippen MR) is 82.2 cm³/mol. The van der Waals surface area contributed by atoms with Crippen molar-refractivity contribution in [2.75, 3.05) is 5.73 Å². The van der Waals surface area contributed by atoms with Gasteiger partial charge in [-0.2, -0.15) is 13.2 Å². The molecule has 0 amide bonds. The average Bonchev–Trinajstić information content (AvgIpc) is 2.71. The summed E-state index contributed by atoms with van der Waals surface area (Å²) >= 11 is 0. The Morgan fingerprint density at radius 1 is 0.955 bits per heavy atom. The van der Waals surface area contributed by atoms with Crippen LogP contribution in [0.5, 0.6) is 0 Å². The van der Waals surface area contributed by atoms with E-state index in [9.17, 15) is 13.2 Å². The smallest absolute Gasteiger partial charge is 0.399 e. The first-order chi connectivity index (χ1) is 10.3. The highest BCUT2D eigenvalue weighted by Crippen LogP contribution is 2.34. The number of nitrogen functional groups attached to an aromatic ring is 1. The molecule has 0 saturated heterocycles. The molecular formula is C17H15F3N2. The number of nitrogens with zero attached hydrogens (tertiary/aromatic N) is 1. The van der Waals surface area contributed by atoms with Gasteiger partial charge >= 0.3 is 6.18 Å². The van der Waals surface area contributed by atoms with Crippen molar-refractivity contribution in [1.29, 1.82) is 0 Å². The Bertz CT molecular complexity index is 860. The van der Waals surface area contributed by atoms with Crippen LogP contribution in [-0.2, 0) is 6.18 Å². The van der Waals surface area contributed by atoms with Crippen molar-refractivity contribution >= 4 is 16.6 Å². The molecule has 3 rings (SSSR count). The van der Waals surface area contributed by atoms with E-state index in [1.807, 2.05) is 38.1 Å². The molecule has 2 aromatic carbocycles. The molecule has 1 aromatic heterocycles. The van der Waals surface area contributed by atoms with E-state index in [4.69, 9.17) is 5.73 Å². The highest BCUT2D eigenvalue weighted by atomic mass is 19.4. The van der Waals surface area contributed by atoms with Crippen LogP contribution in [0.25, 0.3) is 16.6 Å². The van der Waals surface area contributed by atoms with Crippen LogP contribution in [0.1, 0.15) is 16.8 Å². The van der Waals surface area contributed by atoms with Gasteiger partial charge in [0.1, 0.15) is 0 Å². The van der Waals surface area contributed by atoms with Gasteiger partial charge in [0, 0.05) is 22.5 Å². The van der Waals surface area contributed by atoms with Gasteiger partial charge in [0.25, 0.3) is 0 Å². The van der Waals surface area contributed by atoms with E-state index in [2.05, 4.69) is 0 Å². The van der Waals surface area contributed by atoms with Crippen molar-refractivity contribution in [2.45, 2.75) is 20.0 Å². The normalized spacial score (nSPS) is 12.0. The molecule has 0 bridgehead atoms. The summed E-state index contributed by atoms with van der Waals surface area (Å²) in [5.74, 6) is 0. The quantitative estimate of drug-likeness (QED) is 0.640. The Hall–Kier alpha value is -2.43. The zero-order valence-electron chi connectivity index (χ0n) is 12.2. The van der Waals surface area contributed by atoms with Crippen LogP contribution in [-0.4, -0.2) is 4.57 Å². The number of halogens is 3. The molecule has 2 N–H and O–H groups in total. The third-order valence-electron chi connectivity index (χ3n) is 3.67. The fourth-order valence-corrected chi connectivity index (χ4v) is 2.74. The Kier molecular flexibility index (Phi) is 3.16. The second-order valence-corrected chi connectivity index (χ2v) is 5.49. The molecule has 0 aliphatic heterocycles. The zero-order valence-corrected chi connectivity index (χ0v) is 12.2. The second-order valence-electron chi connectivity index (χ2n) is 5.49. The monoisotopic (exact) mass is 304 g/mol. The fourth-order valence-electron chi connectivity index (χ4n) is 2.74. The molecule has 114 valence electrons. The van der Waals surface area contributed by atoms with Gasteiger partial charge in [-0.1, -0.05) is 11.6 Å². The summed E-state index contributed by atoms with van der Waals surface area (Å²) in [5, 5.41) is 0.994. The SMILES string of the molecule is Cc1ccc2c(c1)cc(C)n2-c1cc(N)cc(C(F)(F)F)c1. The number of hydrogen-bond acceptors (Lipinski definition) is 1. The Labute approximate surface area is 126 Å². The van der Waals surface area contributed by atoms with Gasteiger partial charge in [0.05, 0.1) is 11.1 Å². The summed E-state index contributed by atoms with van der Waals surface area (Å²) in [7, 11) is 0. The maximum absolute atomic E-state index is 13.0. The van der Waals surface area contributed by atoms with E-state index in [0.29, 0.717) is 5.69 Å². The van der Waals surface area contributed by atoms with Gasteiger partial charge in [-0.25, -0.2) is 0 Å². The summed E-state index contributed by atoms with van der Waals surface area (Å²) in [6.45, 7) is 3.85. The Balaban J connectivity index is 2.28. The highest BCUT2D eigenvalue weighted by molar-refractivity contribution is 5.84. The number of benzene rings is 2. The Morgan fingerprint density at radius 3 is 2.36 bits per heavy atom. The van der Waals surface area contributed by atoms with Crippen LogP contribution in [0.15, 0.2) is 42.5 Å². The van der Waals surface area contributed by atoms with E-state index in [1.54, 1.807) is 10.6 Å². The Morgan fingerprint density at radius 2 is 1.68 bits per heavy atom. The van der Waals surface area contributed by atoms with Gasteiger partial charge in [-0.3, -0.25) is 0 Å². The van der Waals surface area contributed by atoms with E-state index in [1.165, 1.54) is 0 Å². The number of aromatic nitrogens is 1. The molecule has 0 unspecified atom stereocenters. The summed E-state index contributed by atoms with van der Waals surface area (Å²) in [6, 6.07) is 11.5. The van der Waals surface area contributed by atoms with Gasteiger partial charge in [-0.15, -0.1) is 0 Å². The molecule has 1 heterocycles. The summed E-state index contributed by atoms with van der Waals surface area (Å²) in [5.41, 5.74) is 8.27. The van der Waals surface area contributed by atoms with Crippen LogP contribution >= 0.6 is 0 Å². The first-order valence-corrected chi connectivity index (χ1v) is 6.82. The number of nitrogens with two attached hydrogens (primary N) is 1. The molecule has 5 heteroatoms. The van der Waals surface area contributed by atoms with Crippen molar-refractivity contribution in [3.05, 3.63) is 59.3 Å². The number of fused-ring (bicyclic) bond motifs is 1. The third-order valence-corrected chi connectivity index (χ3v) is 3.67. The van der Waals surface area contributed by atoms with Crippen LogP contribution in [0.4, 0.5) is 18.9 Å². The topological polar surface area (TPSA) is 30.9 Å². The number of anilines is 1. The maximum Gasteiger partial charge on any atom is 0.416 e. The van der Waals surface area contributed by atoms with Crippen molar-refractivity contribution in [2.24, 2.45) is 0 Å². The molecule has 0 atom stereocenters.